The van der Waals surface area contributed by atoms with E-state index in [1.807, 2.05) is 12.1 Å². The van der Waals surface area contributed by atoms with Crippen LogP contribution in [0.3, 0.4) is 0 Å². The number of carbonyl (C=O) groups excluding carboxylic acids is 1. The van der Waals surface area contributed by atoms with Crippen molar-refractivity contribution in [2.45, 2.75) is 0 Å². The zero-order valence-corrected chi connectivity index (χ0v) is 17.3. The third kappa shape index (κ3) is 8.12. The minimum Gasteiger partial charge on any atom is -0.478 e. The lowest BCUT2D eigenvalue weighted by molar-refractivity contribution is 0.0696. The quantitative estimate of drug-likeness (QED) is 0.248. The summed E-state index contributed by atoms with van der Waals surface area (Å²) in [6.07, 6.45) is 2.53. The van der Waals surface area contributed by atoms with Gasteiger partial charge in [0.15, 0.2) is 0 Å². The highest BCUT2D eigenvalue weighted by Gasteiger charge is 2.14. The highest BCUT2D eigenvalue weighted by atomic mass is 16.5. The zero-order chi connectivity index (χ0) is 24.1. The van der Waals surface area contributed by atoms with Gasteiger partial charge in [0.05, 0.1) is 17.4 Å². The Morgan fingerprint density at radius 1 is 0.758 bits per heavy atom. The predicted molar refractivity (Wildman–Crippen MR) is 121 cm³/mol. The maximum absolute atomic E-state index is 11.8. The summed E-state index contributed by atoms with van der Waals surface area (Å²) in [7, 11) is 0. The van der Waals surface area contributed by atoms with E-state index in [2.05, 4.69) is 4.98 Å². The molecule has 1 heterocycles. The van der Waals surface area contributed by atoms with Crippen LogP contribution in [0.4, 0.5) is 5.69 Å². The molecule has 33 heavy (non-hydrogen) atoms. The molecule has 9 nitrogen and oxygen atoms in total. The molecule has 0 radical (unpaired) electrons. The van der Waals surface area contributed by atoms with Gasteiger partial charge in [-0.1, -0.05) is 54.6 Å². The second kappa shape index (κ2) is 12.8. The number of amides is 1. The topological polar surface area (TPSA) is 133 Å². The van der Waals surface area contributed by atoms with Crippen LogP contribution < -0.4 is 10.8 Å². The average Bonchev–Trinajstić information content (AvgIpc) is 2.87. The second-order valence-corrected chi connectivity index (χ2v) is 6.24. The molecule has 0 aliphatic rings. The van der Waals surface area contributed by atoms with Crippen LogP contribution in [0, 0.1) is 0 Å². The first-order chi connectivity index (χ1) is 15.9. The van der Waals surface area contributed by atoms with Crippen LogP contribution in [0.15, 0.2) is 114 Å². The maximum Gasteiger partial charge on any atom is 0.380 e. The molecule has 0 saturated heterocycles. The molecule has 0 aliphatic heterocycles. The van der Waals surface area contributed by atoms with E-state index in [-0.39, 0.29) is 0 Å². The molecule has 9 heteroatoms. The second-order valence-electron chi connectivity index (χ2n) is 6.24. The summed E-state index contributed by atoms with van der Waals surface area (Å²) in [5, 5.41) is 27.2. The fourth-order valence-corrected chi connectivity index (χ4v) is 2.32. The smallest absolute Gasteiger partial charge is 0.380 e. The Balaban J connectivity index is 0.000000192. The summed E-state index contributed by atoms with van der Waals surface area (Å²) < 4.78 is 0.417. The Kier molecular flexibility index (Phi) is 9.53. The number of carboxylic acids is 1. The number of rotatable bonds is 3. The number of aromatic carboxylic acids is 1. The molecule has 0 bridgehead atoms. The molecule has 3 aromatic carbocycles. The highest BCUT2D eigenvalue weighted by molar-refractivity contribution is 6.04. The first kappa shape index (κ1) is 24.5. The molecule has 3 N–H and O–H groups in total. The molecule has 0 fully saturated rings. The van der Waals surface area contributed by atoms with Crippen LogP contribution in [0.25, 0.3) is 0 Å². The van der Waals surface area contributed by atoms with Crippen molar-refractivity contribution >= 4 is 17.6 Å². The number of para-hydroxylation sites is 1. The van der Waals surface area contributed by atoms with Gasteiger partial charge in [-0.2, -0.15) is 10.0 Å². The standard InChI is InChI=1S/C13H11NO2.C7H6O2.C4H4N2O2/c15-13(11-7-3-1-4-8-11)14(16)12-9-5-2-6-10-12;8-7(9)6-4-2-1-3-5-6;7-4-5-2-1-3-6(4)8/h1-10,16H;1-5H,(H,8,9);1-3,8H. The van der Waals surface area contributed by atoms with E-state index in [0.29, 0.717) is 26.6 Å². The van der Waals surface area contributed by atoms with Crippen molar-refractivity contribution in [1.29, 1.82) is 0 Å². The summed E-state index contributed by atoms with van der Waals surface area (Å²) in [5.74, 6) is -1.32. The lowest BCUT2D eigenvalue weighted by Gasteiger charge is -2.14. The third-order valence-corrected chi connectivity index (χ3v) is 3.93. The van der Waals surface area contributed by atoms with Gasteiger partial charge in [0.25, 0.3) is 5.91 Å². The number of hydrogen-bond donors (Lipinski definition) is 3. The Morgan fingerprint density at radius 2 is 1.24 bits per heavy atom. The summed E-state index contributed by atoms with van der Waals surface area (Å²) >= 11 is 0. The number of hydroxylamine groups is 1. The number of nitrogens with zero attached hydrogens (tertiary/aromatic N) is 3. The van der Waals surface area contributed by atoms with E-state index in [1.165, 1.54) is 18.5 Å². The fourth-order valence-electron chi connectivity index (χ4n) is 2.32. The predicted octanol–water partition coefficient (Wildman–Crippen LogP) is 3.59. The van der Waals surface area contributed by atoms with Crippen molar-refractivity contribution in [3.8, 4) is 0 Å². The molecular weight excluding hydrogens is 426 g/mol. The Labute approximate surface area is 189 Å². The Bertz CT molecular complexity index is 1200. The Morgan fingerprint density at radius 3 is 1.64 bits per heavy atom. The van der Waals surface area contributed by atoms with Crippen molar-refractivity contribution in [1.82, 2.24) is 9.71 Å². The molecule has 1 amide bonds. The van der Waals surface area contributed by atoms with Gasteiger partial charge in [-0.3, -0.25) is 10.0 Å². The molecule has 0 aliphatic carbocycles. The first-order valence-corrected chi connectivity index (χ1v) is 9.55. The van der Waals surface area contributed by atoms with Gasteiger partial charge in [-0.25, -0.2) is 9.59 Å². The van der Waals surface area contributed by atoms with E-state index in [4.69, 9.17) is 10.3 Å². The maximum atomic E-state index is 11.8. The van der Waals surface area contributed by atoms with E-state index in [9.17, 15) is 19.6 Å². The van der Waals surface area contributed by atoms with E-state index in [1.54, 1.807) is 78.9 Å². The first-order valence-electron chi connectivity index (χ1n) is 9.55. The summed E-state index contributed by atoms with van der Waals surface area (Å²) in [6, 6.07) is 27.1. The minimum absolute atomic E-state index is 0.331. The van der Waals surface area contributed by atoms with Gasteiger partial charge < -0.3 is 10.3 Å². The zero-order valence-electron chi connectivity index (χ0n) is 17.3. The van der Waals surface area contributed by atoms with Crippen LogP contribution >= 0.6 is 0 Å². The van der Waals surface area contributed by atoms with Crippen molar-refractivity contribution in [2.24, 2.45) is 0 Å². The normalized spacial score (nSPS) is 9.36. The number of carboxylic acid groups (broad SMARTS) is 1. The van der Waals surface area contributed by atoms with Crippen LogP contribution in [0.2, 0.25) is 0 Å². The summed E-state index contributed by atoms with van der Waals surface area (Å²) in [5.41, 5.74) is 0.579. The third-order valence-electron chi connectivity index (χ3n) is 3.93. The lowest BCUT2D eigenvalue weighted by atomic mass is 10.2. The van der Waals surface area contributed by atoms with Gasteiger partial charge >= 0.3 is 11.7 Å². The minimum atomic E-state index is -0.879. The summed E-state index contributed by atoms with van der Waals surface area (Å²) in [4.78, 5) is 35.5. The molecule has 168 valence electrons. The molecule has 4 aromatic rings. The number of aromatic nitrogens is 2. The van der Waals surface area contributed by atoms with Gasteiger partial charge in [-0.05, 0) is 42.5 Å². The molecule has 0 saturated carbocycles. The summed E-state index contributed by atoms with van der Waals surface area (Å²) in [6.45, 7) is 0. The number of benzene rings is 3. The van der Waals surface area contributed by atoms with Gasteiger partial charge in [0, 0.05) is 11.8 Å². The van der Waals surface area contributed by atoms with Crippen molar-refractivity contribution in [3.05, 3.63) is 131 Å². The van der Waals surface area contributed by atoms with Gasteiger partial charge in [-0.15, -0.1) is 4.73 Å². The molecular formula is C24H21N3O6. The van der Waals surface area contributed by atoms with Crippen LogP contribution in [-0.4, -0.2) is 37.1 Å². The van der Waals surface area contributed by atoms with Crippen molar-refractivity contribution in [2.75, 3.05) is 5.06 Å². The van der Waals surface area contributed by atoms with Crippen molar-refractivity contribution < 1.29 is 25.1 Å². The number of hydrogen-bond acceptors (Lipinski definition) is 6. The number of carbonyl (C=O) groups is 2. The van der Waals surface area contributed by atoms with Crippen LogP contribution in [0.1, 0.15) is 20.7 Å². The van der Waals surface area contributed by atoms with E-state index < -0.39 is 17.6 Å². The molecule has 0 unspecified atom stereocenters. The monoisotopic (exact) mass is 447 g/mol. The van der Waals surface area contributed by atoms with Crippen LogP contribution in [-0.2, 0) is 0 Å². The van der Waals surface area contributed by atoms with E-state index in [0.717, 1.165) is 0 Å². The average molecular weight is 447 g/mol. The largest absolute Gasteiger partial charge is 0.478 e. The fraction of sp³-hybridized carbons (Fsp3) is 0. The Hall–Kier alpha value is -4.76. The van der Waals surface area contributed by atoms with Gasteiger partial charge in [0.2, 0.25) is 0 Å². The number of anilines is 1. The molecule has 1 aromatic heterocycles. The molecule has 4 rings (SSSR count). The lowest BCUT2D eigenvalue weighted by Crippen LogP contribution is -2.26. The molecule has 0 spiro atoms. The highest BCUT2D eigenvalue weighted by Crippen LogP contribution is 2.14. The van der Waals surface area contributed by atoms with E-state index >= 15 is 0 Å². The van der Waals surface area contributed by atoms with Crippen molar-refractivity contribution in [3.63, 3.8) is 0 Å². The molecule has 0 atom stereocenters. The van der Waals surface area contributed by atoms with Gasteiger partial charge in [0.1, 0.15) is 0 Å². The van der Waals surface area contributed by atoms with Crippen LogP contribution in [0.5, 0.6) is 0 Å². The SMILES string of the molecule is O=C(O)c1ccccc1.O=C(c1ccccc1)N(O)c1ccccc1.O=c1ncccn1O.